The Labute approximate surface area is 74.3 Å². The van der Waals surface area contributed by atoms with Crippen molar-refractivity contribution in [3.8, 4) is 0 Å². The second-order valence-corrected chi connectivity index (χ2v) is 4.36. The molecule has 0 unspecified atom stereocenters. The molecule has 58 valence electrons. The first-order chi connectivity index (χ1) is 4.66. The van der Waals surface area contributed by atoms with Gasteiger partial charge >= 0.3 is 0 Å². The van der Waals surface area contributed by atoms with Crippen molar-refractivity contribution in [2.45, 2.75) is 13.3 Å². The van der Waals surface area contributed by atoms with E-state index in [-0.39, 0.29) is 6.61 Å². The van der Waals surface area contributed by atoms with E-state index in [1.165, 1.54) is 17.3 Å². The molecule has 0 heterocycles. The summed E-state index contributed by atoms with van der Waals surface area (Å²) in [5, 5.41) is 10.5. The molecule has 10 heavy (non-hydrogen) atoms. The molecule has 0 atom stereocenters. The van der Waals surface area contributed by atoms with Crippen molar-refractivity contribution in [2.24, 2.45) is 0 Å². The van der Waals surface area contributed by atoms with Crippen LogP contribution < -0.4 is 0 Å². The smallest absolute Gasteiger partial charge is 0.0473 e. The fourth-order valence-electron chi connectivity index (χ4n) is 0.400. The molecule has 0 saturated carbocycles. The highest BCUT2D eigenvalue weighted by molar-refractivity contribution is 9.14. The first-order valence-corrected chi connectivity index (χ1v) is 4.61. The lowest BCUT2D eigenvalue weighted by molar-refractivity contribution is 0.299. The number of hydrogen-bond donors (Lipinski definition) is 1. The SMILES string of the molecule is C=C(Br)S/C=C(\C)CCO. The molecule has 0 fully saturated rings. The van der Waals surface area contributed by atoms with Gasteiger partial charge in [0.1, 0.15) is 0 Å². The molecule has 0 aliphatic heterocycles. The van der Waals surface area contributed by atoms with Gasteiger partial charge in [0, 0.05) is 10.4 Å². The summed E-state index contributed by atoms with van der Waals surface area (Å²) in [4.78, 5) is 0. The Balaban J connectivity index is 3.57. The number of thioether (sulfide) groups is 1. The minimum Gasteiger partial charge on any atom is -0.396 e. The molecule has 1 nitrogen and oxygen atoms in total. The molecule has 0 saturated heterocycles. The van der Waals surface area contributed by atoms with Crippen LogP contribution in [0.15, 0.2) is 21.4 Å². The highest BCUT2D eigenvalue weighted by Gasteiger charge is 1.88. The molecule has 0 aromatic carbocycles. The zero-order chi connectivity index (χ0) is 7.98. The zero-order valence-corrected chi connectivity index (χ0v) is 8.33. The predicted octanol–water partition coefficient (Wildman–Crippen LogP) is 2.87. The summed E-state index contributed by atoms with van der Waals surface area (Å²) >= 11 is 4.74. The van der Waals surface area contributed by atoms with Crippen molar-refractivity contribution < 1.29 is 5.11 Å². The van der Waals surface area contributed by atoms with Crippen LogP contribution in [0.5, 0.6) is 0 Å². The first-order valence-electron chi connectivity index (χ1n) is 2.94. The Kier molecular flexibility index (Phi) is 6.17. The summed E-state index contributed by atoms with van der Waals surface area (Å²) in [6, 6.07) is 0. The summed E-state index contributed by atoms with van der Waals surface area (Å²) in [6.45, 7) is 5.86. The maximum atomic E-state index is 8.52. The maximum Gasteiger partial charge on any atom is 0.0473 e. The van der Waals surface area contributed by atoms with Gasteiger partial charge in [0.05, 0.1) is 0 Å². The summed E-state index contributed by atoms with van der Waals surface area (Å²) in [5.41, 5.74) is 1.17. The molecule has 0 aromatic rings. The summed E-state index contributed by atoms with van der Waals surface area (Å²) < 4.78 is 0.893. The van der Waals surface area contributed by atoms with Gasteiger partial charge in [-0.15, -0.1) is 0 Å². The summed E-state index contributed by atoms with van der Waals surface area (Å²) in [6.07, 6.45) is 0.743. The number of rotatable bonds is 4. The Bertz CT molecular complexity index is 143. The normalized spacial score (nSPS) is 11.7. The molecule has 3 heteroatoms. The standard InChI is InChI=1S/C7H11BrOS/c1-6(3-4-9)5-10-7(2)8/h5,9H,2-4H2,1H3/b6-5+. The van der Waals surface area contributed by atoms with Crippen LogP contribution in [0.25, 0.3) is 0 Å². The van der Waals surface area contributed by atoms with E-state index in [9.17, 15) is 0 Å². The molecule has 0 aromatic heterocycles. The van der Waals surface area contributed by atoms with Crippen LogP contribution in [-0.2, 0) is 0 Å². The molecular formula is C7H11BrOS. The third kappa shape index (κ3) is 6.39. The molecular weight excluding hydrogens is 212 g/mol. The van der Waals surface area contributed by atoms with Crippen molar-refractivity contribution in [1.82, 2.24) is 0 Å². The van der Waals surface area contributed by atoms with Gasteiger partial charge in [0.15, 0.2) is 0 Å². The fourth-order valence-corrected chi connectivity index (χ4v) is 1.13. The van der Waals surface area contributed by atoms with Gasteiger partial charge in [-0.1, -0.05) is 23.9 Å². The van der Waals surface area contributed by atoms with E-state index in [4.69, 9.17) is 5.11 Å². The second-order valence-electron chi connectivity index (χ2n) is 1.91. The van der Waals surface area contributed by atoms with Gasteiger partial charge in [-0.05, 0) is 34.7 Å². The van der Waals surface area contributed by atoms with Crippen molar-refractivity contribution in [3.63, 3.8) is 0 Å². The summed E-state index contributed by atoms with van der Waals surface area (Å²) in [5.74, 6) is 0. The highest BCUT2D eigenvalue weighted by Crippen LogP contribution is 2.22. The van der Waals surface area contributed by atoms with Crippen LogP contribution in [0.4, 0.5) is 0 Å². The molecule has 0 rings (SSSR count). The topological polar surface area (TPSA) is 20.2 Å². The van der Waals surface area contributed by atoms with Crippen molar-refractivity contribution >= 4 is 27.7 Å². The average molecular weight is 223 g/mol. The molecule has 1 N–H and O–H groups in total. The number of aliphatic hydroxyl groups is 1. The van der Waals surface area contributed by atoms with Gasteiger partial charge in [-0.25, -0.2) is 0 Å². The lowest BCUT2D eigenvalue weighted by Crippen LogP contribution is -1.81. The Morgan fingerprint density at radius 1 is 1.80 bits per heavy atom. The van der Waals surface area contributed by atoms with Gasteiger partial charge in [-0.3, -0.25) is 0 Å². The quantitative estimate of drug-likeness (QED) is 0.790. The fraction of sp³-hybridized carbons (Fsp3) is 0.429. The summed E-state index contributed by atoms with van der Waals surface area (Å²) in [7, 11) is 0. The van der Waals surface area contributed by atoms with Crippen LogP contribution in [0.1, 0.15) is 13.3 Å². The molecule has 0 aliphatic rings. The van der Waals surface area contributed by atoms with Gasteiger partial charge < -0.3 is 5.11 Å². The number of hydrogen-bond acceptors (Lipinski definition) is 2. The largest absolute Gasteiger partial charge is 0.396 e. The molecule has 0 spiro atoms. The van der Waals surface area contributed by atoms with Crippen molar-refractivity contribution in [2.75, 3.05) is 6.61 Å². The molecule has 0 bridgehead atoms. The number of aliphatic hydroxyl groups excluding tert-OH is 1. The van der Waals surface area contributed by atoms with E-state index < -0.39 is 0 Å². The van der Waals surface area contributed by atoms with Crippen molar-refractivity contribution in [3.05, 3.63) is 21.4 Å². The Hall–Kier alpha value is 0.270. The zero-order valence-electron chi connectivity index (χ0n) is 5.93. The minimum atomic E-state index is 0.220. The third-order valence-electron chi connectivity index (χ3n) is 0.894. The van der Waals surface area contributed by atoms with E-state index in [1.807, 2.05) is 12.3 Å². The maximum absolute atomic E-state index is 8.52. The molecule has 0 radical (unpaired) electrons. The van der Waals surface area contributed by atoms with E-state index in [1.54, 1.807) is 0 Å². The van der Waals surface area contributed by atoms with Crippen LogP contribution in [0.2, 0.25) is 0 Å². The van der Waals surface area contributed by atoms with Crippen molar-refractivity contribution in [1.29, 1.82) is 0 Å². The van der Waals surface area contributed by atoms with E-state index in [0.717, 1.165) is 10.2 Å². The van der Waals surface area contributed by atoms with Gasteiger partial charge in [0.2, 0.25) is 0 Å². The number of halogens is 1. The molecule has 0 amide bonds. The van der Waals surface area contributed by atoms with Crippen LogP contribution in [0, 0.1) is 0 Å². The Morgan fingerprint density at radius 2 is 2.40 bits per heavy atom. The second kappa shape index (κ2) is 6.01. The average Bonchev–Trinajstić information content (AvgIpc) is 1.85. The van der Waals surface area contributed by atoms with E-state index in [0.29, 0.717) is 0 Å². The predicted molar refractivity (Wildman–Crippen MR) is 51.1 cm³/mol. The first kappa shape index (κ1) is 10.3. The lowest BCUT2D eigenvalue weighted by atomic mass is 10.3. The van der Waals surface area contributed by atoms with Crippen LogP contribution >= 0.6 is 27.7 Å². The minimum absolute atomic E-state index is 0.220. The molecule has 0 aliphatic carbocycles. The van der Waals surface area contributed by atoms with Gasteiger partial charge in [-0.2, -0.15) is 0 Å². The van der Waals surface area contributed by atoms with E-state index in [2.05, 4.69) is 22.5 Å². The Morgan fingerprint density at radius 3 is 2.80 bits per heavy atom. The van der Waals surface area contributed by atoms with Crippen LogP contribution in [-0.4, -0.2) is 11.7 Å². The highest BCUT2D eigenvalue weighted by atomic mass is 79.9. The van der Waals surface area contributed by atoms with Crippen LogP contribution in [0.3, 0.4) is 0 Å². The third-order valence-corrected chi connectivity index (χ3v) is 2.23. The lowest BCUT2D eigenvalue weighted by Gasteiger charge is -1.95. The van der Waals surface area contributed by atoms with Gasteiger partial charge in [0.25, 0.3) is 0 Å². The monoisotopic (exact) mass is 222 g/mol. The van der Waals surface area contributed by atoms with E-state index >= 15 is 0 Å².